The minimum Gasteiger partial charge on any atom is -0.490 e. The summed E-state index contributed by atoms with van der Waals surface area (Å²) in [6.45, 7) is 2.09. The molecule has 20 heavy (non-hydrogen) atoms. The van der Waals surface area contributed by atoms with Crippen molar-refractivity contribution in [2.45, 2.75) is 13.0 Å². The van der Waals surface area contributed by atoms with Crippen molar-refractivity contribution in [1.29, 1.82) is 0 Å². The molecule has 0 spiro atoms. The number of nitrogens with zero attached hydrogens (tertiary/aromatic N) is 2. The molecule has 0 bridgehead atoms. The number of fused-ring (bicyclic) bond motifs is 1. The van der Waals surface area contributed by atoms with Gasteiger partial charge in [0, 0.05) is 6.20 Å². The highest BCUT2D eigenvalue weighted by molar-refractivity contribution is 5.72. The lowest BCUT2D eigenvalue weighted by Crippen LogP contribution is -2.32. The molecule has 2 heterocycles. The Bertz CT molecular complexity index is 610. The smallest absolute Gasteiger partial charge is 0.307 e. The van der Waals surface area contributed by atoms with Crippen LogP contribution in [0.15, 0.2) is 30.7 Å². The second-order valence-electron chi connectivity index (χ2n) is 4.72. The highest BCUT2D eigenvalue weighted by Gasteiger charge is 2.19. The molecule has 1 aliphatic heterocycles. The number of aromatic nitrogens is 2. The molecule has 2 aromatic rings. The van der Waals surface area contributed by atoms with Gasteiger partial charge in [-0.1, -0.05) is 6.07 Å². The van der Waals surface area contributed by atoms with Crippen LogP contribution in [-0.2, 0) is 17.8 Å². The van der Waals surface area contributed by atoms with Crippen LogP contribution in [0.25, 0.3) is 0 Å². The number of hydrogen-bond donors (Lipinski definition) is 2. The van der Waals surface area contributed by atoms with Crippen LogP contribution in [0.4, 0.5) is 5.69 Å². The zero-order chi connectivity index (χ0) is 13.9. The third-order valence-corrected chi connectivity index (χ3v) is 3.25. The van der Waals surface area contributed by atoms with Crippen LogP contribution in [0.3, 0.4) is 0 Å². The van der Waals surface area contributed by atoms with E-state index >= 15 is 0 Å². The van der Waals surface area contributed by atoms with Gasteiger partial charge < -0.3 is 19.7 Å². The number of rotatable bonds is 4. The van der Waals surface area contributed by atoms with E-state index in [0.717, 1.165) is 29.2 Å². The van der Waals surface area contributed by atoms with Gasteiger partial charge in [-0.3, -0.25) is 4.79 Å². The lowest BCUT2D eigenvalue weighted by atomic mass is 10.1. The normalized spacial score (nSPS) is 13.7. The highest BCUT2D eigenvalue weighted by Crippen LogP contribution is 2.33. The fourth-order valence-electron chi connectivity index (χ4n) is 2.34. The molecule has 0 atom stereocenters. The molecule has 1 aliphatic rings. The minimum absolute atomic E-state index is 0.0190. The number of nitrogens with one attached hydrogen (secondary N) is 1. The van der Waals surface area contributed by atoms with E-state index in [9.17, 15) is 4.79 Å². The molecule has 0 saturated heterocycles. The number of carbonyl (C=O) groups is 1. The van der Waals surface area contributed by atoms with Gasteiger partial charge in [-0.2, -0.15) is 0 Å². The minimum atomic E-state index is -0.832. The lowest BCUT2D eigenvalue weighted by Gasteiger charge is -2.31. The molecular formula is C14H15N3O3. The molecule has 0 radical (unpaired) electrons. The SMILES string of the molecule is O=C(O)Cc1ccc2c(c1)N(Cc1cnc[nH]1)CCO2. The van der Waals surface area contributed by atoms with Gasteiger partial charge in [0.25, 0.3) is 0 Å². The Kier molecular flexibility index (Phi) is 3.28. The Morgan fingerprint density at radius 3 is 3.15 bits per heavy atom. The monoisotopic (exact) mass is 273 g/mol. The molecule has 2 N–H and O–H groups in total. The average Bonchev–Trinajstić information content (AvgIpc) is 2.92. The second kappa shape index (κ2) is 5.24. The van der Waals surface area contributed by atoms with E-state index in [1.807, 2.05) is 12.1 Å². The third kappa shape index (κ3) is 2.59. The van der Waals surface area contributed by atoms with Crippen molar-refractivity contribution >= 4 is 11.7 Å². The summed E-state index contributed by atoms with van der Waals surface area (Å²) in [5.74, 6) is -0.0355. The highest BCUT2D eigenvalue weighted by atomic mass is 16.5. The molecular weight excluding hydrogens is 258 g/mol. The molecule has 3 rings (SSSR count). The first-order chi connectivity index (χ1) is 9.72. The first kappa shape index (κ1) is 12.5. The number of H-pyrrole nitrogens is 1. The Morgan fingerprint density at radius 1 is 1.50 bits per heavy atom. The van der Waals surface area contributed by atoms with Gasteiger partial charge in [-0.25, -0.2) is 4.98 Å². The molecule has 104 valence electrons. The molecule has 0 saturated carbocycles. The van der Waals surface area contributed by atoms with E-state index in [4.69, 9.17) is 9.84 Å². The maximum atomic E-state index is 10.8. The first-order valence-corrected chi connectivity index (χ1v) is 6.42. The maximum absolute atomic E-state index is 10.8. The number of carboxylic acids is 1. The molecule has 1 aromatic carbocycles. The summed E-state index contributed by atoms with van der Waals surface area (Å²) < 4.78 is 5.62. The van der Waals surface area contributed by atoms with Gasteiger partial charge in [0.15, 0.2) is 0 Å². The summed E-state index contributed by atoms with van der Waals surface area (Å²) in [7, 11) is 0. The number of aromatic amines is 1. The predicted molar refractivity (Wildman–Crippen MR) is 72.9 cm³/mol. The van der Waals surface area contributed by atoms with E-state index in [2.05, 4.69) is 14.9 Å². The summed E-state index contributed by atoms with van der Waals surface area (Å²) in [6.07, 6.45) is 3.46. The largest absolute Gasteiger partial charge is 0.490 e. The third-order valence-electron chi connectivity index (χ3n) is 3.25. The fourth-order valence-corrected chi connectivity index (χ4v) is 2.34. The van der Waals surface area contributed by atoms with Crippen molar-refractivity contribution in [2.24, 2.45) is 0 Å². The van der Waals surface area contributed by atoms with E-state index in [-0.39, 0.29) is 6.42 Å². The van der Waals surface area contributed by atoms with Crippen molar-refractivity contribution in [2.75, 3.05) is 18.1 Å². The van der Waals surface area contributed by atoms with Crippen molar-refractivity contribution in [3.05, 3.63) is 42.0 Å². The van der Waals surface area contributed by atoms with E-state index in [1.165, 1.54) is 0 Å². The summed E-state index contributed by atoms with van der Waals surface area (Å²) in [5.41, 5.74) is 2.72. The van der Waals surface area contributed by atoms with E-state index in [0.29, 0.717) is 13.2 Å². The Balaban J connectivity index is 1.87. The Morgan fingerprint density at radius 2 is 2.40 bits per heavy atom. The average molecular weight is 273 g/mol. The van der Waals surface area contributed by atoms with Gasteiger partial charge in [-0.05, 0) is 17.7 Å². The Labute approximate surface area is 116 Å². The maximum Gasteiger partial charge on any atom is 0.307 e. The molecule has 6 heteroatoms. The van der Waals surface area contributed by atoms with Gasteiger partial charge in [0.2, 0.25) is 0 Å². The van der Waals surface area contributed by atoms with Crippen molar-refractivity contribution in [3.8, 4) is 5.75 Å². The number of aliphatic carboxylic acids is 1. The number of imidazole rings is 1. The predicted octanol–water partition coefficient (Wildman–Crippen LogP) is 1.44. The summed E-state index contributed by atoms with van der Waals surface area (Å²) in [5, 5.41) is 8.89. The molecule has 6 nitrogen and oxygen atoms in total. The quantitative estimate of drug-likeness (QED) is 0.881. The number of anilines is 1. The molecule has 0 unspecified atom stereocenters. The molecule has 0 amide bonds. The van der Waals surface area contributed by atoms with Crippen LogP contribution in [0.2, 0.25) is 0 Å². The summed E-state index contributed by atoms with van der Waals surface area (Å²) in [6, 6.07) is 5.53. The van der Waals surface area contributed by atoms with Crippen LogP contribution >= 0.6 is 0 Å². The Hall–Kier alpha value is -2.50. The van der Waals surface area contributed by atoms with Crippen LogP contribution in [0, 0.1) is 0 Å². The topological polar surface area (TPSA) is 78.5 Å². The summed E-state index contributed by atoms with van der Waals surface area (Å²) >= 11 is 0. The van der Waals surface area contributed by atoms with Crippen LogP contribution < -0.4 is 9.64 Å². The number of ether oxygens (including phenoxy) is 1. The lowest BCUT2D eigenvalue weighted by molar-refractivity contribution is -0.136. The van der Waals surface area contributed by atoms with Crippen molar-refractivity contribution in [3.63, 3.8) is 0 Å². The molecule has 1 aromatic heterocycles. The van der Waals surface area contributed by atoms with Crippen LogP contribution in [0.1, 0.15) is 11.3 Å². The number of hydrogen-bond acceptors (Lipinski definition) is 4. The first-order valence-electron chi connectivity index (χ1n) is 6.42. The van der Waals surface area contributed by atoms with E-state index < -0.39 is 5.97 Å². The van der Waals surface area contributed by atoms with Gasteiger partial charge >= 0.3 is 5.97 Å². The van der Waals surface area contributed by atoms with Crippen molar-refractivity contribution < 1.29 is 14.6 Å². The number of benzene rings is 1. The van der Waals surface area contributed by atoms with Gasteiger partial charge in [0.05, 0.1) is 37.2 Å². The fraction of sp³-hybridized carbons (Fsp3) is 0.286. The molecule has 0 aliphatic carbocycles. The number of carboxylic acid groups (broad SMARTS) is 1. The van der Waals surface area contributed by atoms with Gasteiger partial charge in [-0.15, -0.1) is 0 Å². The van der Waals surface area contributed by atoms with E-state index in [1.54, 1.807) is 18.6 Å². The zero-order valence-electron chi connectivity index (χ0n) is 10.9. The zero-order valence-corrected chi connectivity index (χ0v) is 10.9. The van der Waals surface area contributed by atoms with Gasteiger partial charge in [0.1, 0.15) is 12.4 Å². The van der Waals surface area contributed by atoms with Crippen molar-refractivity contribution in [1.82, 2.24) is 9.97 Å². The standard InChI is InChI=1S/C14H15N3O3/c18-14(19)6-10-1-2-13-12(5-10)17(3-4-20-13)8-11-7-15-9-16-11/h1-2,5,7,9H,3-4,6,8H2,(H,15,16)(H,18,19). The summed E-state index contributed by atoms with van der Waals surface area (Å²) in [4.78, 5) is 20.1. The van der Waals surface area contributed by atoms with Crippen LogP contribution in [-0.4, -0.2) is 34.2 Å². The second-order valence-corrected chi connectivity index (χ2v) is 4.72. The van der Waals surface area contributed by atoms with Crippen LogP contribution in [0.5, 0.6) is 5.75 Å². The molecule has 0 fully saturated rings.